The molecule has 1 aromatic carbocycles. The molecule has 0 nitrogen and oxygen atoms in total. The summed E-state index contributed by atoms with van der Waals surface area (Å²) in [6.07, 6.45) is 0. The molecule has 0 N–H and O–H groups in total. The van der Waals surface area contributed by atoms with E-state index >= 15 is 0 Å². The standard InChI is InChI=1S/C6H4Cl2.2Na.S/c7-5-1-2-6(8)4-3-5;;;/h1-4H;;;/q;2*+1;-2. The van der Waals surface area contributed by atoms with Crippen molar-refractivity contribution in [1.82, 2.24) is 0 Å². The Kier molecular flexibility index (Phi) is 17.5. The van der Waals surface area contributed by atoms with Crippen LogP contribution in [-0.4, -0.2) is 0 Å². The Morgan fingerprint density at radius 1 is 0.727 bits per heavy atom. The molecule has 0 saturated heterocycles. The molecule has 0 bridgehead atoms. The van der Waals surface area contributed by atoms with E-state index < -0.39 is 0 Å². The summed E-state index contributed by atoms with van der Waals surface area (Å²) in [5, 5.41) is 1.43. The average molecular weight is 225 g/mol. The van der Waals surface area contributed by atoms with Crippen molar-refractivity contribution in [3.05, 3.63) is 34.3 Å². The maximum absolute atomic E-state index is 5.55. The van der Waals surface area contributed by atoms with E-state index in [2.05, 4.69) is 0 Å². The molecule has 0 heterocycles. The second-order valence-corrected chi connectivity index (χ2v) is 2.31. The molecule has 0 aliphatic rings. The summed E-state index contributed by atoms with van der Waals surface area (Å²) >= 11 is 11.1. The van der Waals surface area contributed by atoms with E-state index in [1.807, 2.05) is 0 Å². The van der Waals surface area contributed by atoms with Gasteiger partial charge in [-0.05, 0) is 24.3 Å². The molecule has 0 fully saturated rings. The average Bonchev–Trinajstić information content (AvgIpc) is 1.77. The number of hydrogen-bond acceptors (Lipinski definition) is 0. The molecule has 50 valence electrons. The first kappa shape index (κ1) is 18.8. The topological polar surface area (TPSA) is 0 Å². The third-order valence-electron chi connectivity index (χ3n) is 0.804. The van der Waals surface area contributed by atoms with Crippen molar-refractivity contribution in [2.24, 2.45) is 0 Å². The summed E-state index contributed by atoms with van der Waals surface area (Å²) in [5.41, 5.74) is 0. The van der Waals surface area contributed by atoms with Gasteiger partial charge in [0, 0.05) is 10.0 Å². The van der Waals surface area contributed by atoms with Crippen LogP contribution in [-0.2, 0) is 13.5 Å². The summed E-state index contributed by atoms with van der Waals surface area (Å²) in [6.45, 7) is 0. The molecule has 0 unspecified atom stereocenters. The third-order valence-corrected chi connectivity index (χ3v) is 1.31. The van der Waals surface area contributed by atoms with Gasteiger partial charge in [-0.1, -0.05) is 23.2 Å². The van der Waals surface area contributed by atoms with Crippen LogP contribution >= 0.6 is 23.2 Å². The van der Waals surface area contributed by atoms with Crippen LogP contribution in [0.4, 0.5) is 0 Å². The van der Waals surface area contributed by atoms with Crippen molar-refractivity contribution in [3.8, 4) is 0 Å². The molecule has 0 aliphatic heterocycles. The van der Waals surface area contributed by atoms with Crippen molar-refractivity contribution in [1.29, 1.82) is 0 Å². The van der Waals surface area contributed by atoms with Gasteiger partial charge in [0.05, 0.1) is 0 Å². The van der Waals surface area contributed by atoms with Gasteiger partial charge in [0.25, 0.3) is 0 Å². The van der Waals surface area contributed by atoms with Gasteiger partial charge in [-0.25, -0.2) is 0 Å². The monoisotopic (exact) mass is 224 g/mol. The van der Waals surface area contributed by atoms with E-state index in [0.717, 1.165) is 10.0 Å². The minimum Gasteiger partial charge on any atom is -2.00 e. The van der Waals surface area contributed by atoms with E-state index in [0.29, 0.717) is 0 Å². The summed E-state index contributed by atoms with van der Waals surface area (Å²) in [4.78, 5) is 0. The van der Waals surface area contributed by atoms with Gasteiger partial charge in [-0.15, -0.1) is 0 Å². The molecule has 0 atom stereocenters. The number of halogens is 2. The minimum absolute atomic E-state index is 0. The molecule has 0 spiro atoms. The fraction of sp³-hybridized carbons (Fsp3) is 0. The normalized spacial score (nSPS) is 6.73. The fourth-order valence-electron chi connectivity index (χ4n) is 0.430. The van der Waals surface area contributed by atoms with Crippen molar-refractivity contribution >= 4 is 36.7 Å². The first-order valence-electron chi connectivity index (χ1n) is 2.20. The Labute approximate surface area is 128 Å². The van der Waals surface area contributed by atoms with Crippen LogP contribution in [0.5, 0.6) is 0 Å². The van der Waals surface area contributed by atoms with Gasteiger partial charge < -0.3 is 13.5 Å². The van der Waals surface area contributed by atoms with Crippen LogP contribution in [0.25, 0.3) is 0 Å². The second kappa shape index (κ2) is 10.2. The first-order valence-corrected chi connectivity index (χ1v) is 2.96. The Balaban J connectivity index is -0.000000213. The van der Waals surface area contributed by atoms with Gasteiger partial charge in [0.15, 0.2) is 0 Å². The largest absolute Gasteiger partial charge is 2.00 e. The van der Waals surface area contributed by atoms with Crippen molar-refractivity contribution < 1.29 is 59.1 Å². The van der Waals surface area contributed by atoms with Crippen LogP contribution in [0.15, 0.2) is 24.3 Å². The predicted molar refractivity (Wildman–Crippen MR) is 43.8 cm³/mol. The third kappa shape index (κ3) is 8.48. The predicted octanol–water partition coefficient (Wildman–Crippen LogP) is -3.00. The van der Waals surface area contributed by atoms with Gasteiger partial charge in [-0.2, -0.15) is 0 Å². The Bertz CT molecular complexity index is 157. The molecule has 1 aromatic rings. The Morgan fingerprint density at radius 3 is 1.09 bits per heavy atom. The zero-order chi connectivity index (χ0) is 5.98. The summed E-state index contributed by atoms with van der Waals surface area (Å²) < 4.78 is 0. The van der Waals surface area contributed by atoms with E-state index in [1.54, 1.807) is 24.3 Å². The Morgan fingerprint density at radius 2 is 0.909 bits per heavy atom. The minimum atomic E-state index is 0. The zero-order valence-electron chi connectivity index (χ0n) is 6.47. The smallest absolute Gasteiger partial charge is 1.00 e. The molecule has 1 rings (SSSR count). The summed E-state index contributed by atoms with van der Waals surface area (Å²) in [5.74, 6) is 0. The molecule has 0 radical (unpaired) electrons. The molecule has 5 heteroatoms. The van der Waals surface area contributed by atoms with Gasteiger partial charge in [0.1, 0.15) is 0 Å². The molecule has 11 heavy (non-hydrogen) atoms. The maximum Gasteiger partial charge on any atom is 1.00 e. The van der Waals surface area contributed by atoms with Crippen LogP contribution in [0, 0.1) is 0 Å². The van der Waals surface area contributed by atoms with E-state index in [1.165, 1.54) is 0 Å². The maximum atomic E-state index is 5.55. The molecule has 0 aromatic heterocycles. The van der Waals surface area contributed by atoms with Crippen molar-refractivity contribution in [2.75, 3.05) is 0 Å². The number of benzene rings is 1. The van der Waals surface area contributed by atoms with Crippen molar-refractivity contribution in [2.45, 2.75) is 0 Å². The molecule has 0 amide bonds. The van der Waals surface area contributed by atoms with Crippen LogP contribution in [0.1, 0.15) is 0 Å². The van der Waals surface area contributed by atoms with E-state index in [-0.39, 0.29) is 72.6 Å². The Hall–Kier alpha value is 2.15. The zero-order valence-corrected chi connectivity index (χ0v) is 12.8. The second-order valence-electron chi connectivity index (χ2n) is 1.44. The first-order chi connectivity index (χ1) is 3.79. The molecular formula is C6H4Cl2Na2S. The van der Waals surface area contributed by atoms with Gasteiger partial charge in [0.2, 0.25) is 0 Å². The van der Waals surface area contributed by atoms with Crippen LogP contribution in [0.3, 0.4) is 0 Å². The summed E-state index contributed by atoms with van der Waals surface area (Å²) in [7, 11) is 0. The number of hydrogen-bond donors (Lipinski definition) is 0. The molecular weight excluding hydrogens is 221 g/mol. The van der Waals surface area contributed by atoms with Gasteiger partial charge in [-0.3, -0.25) is 0 Å². The molecule has 0 aliphatic carbocycles. The van der Waals surface area contributed by atoms with Crippen molar-refractivity contribution in [3.63, 3.8) is 0 Å². The van der Waals surface area contributed by atoms with Crippen LogP contribution in [0.2, 0.25) is 10.0 Å². The summed E-state index contributed by atoms with van der Waals surface area (Å²) in [6, 6.07) is 7.02. The van der Waals surface area contributed by atoms with Crippen LogP contribution < -0.4 is 59.1 Å². The number of rotatable bonds is 0. The van der Waals surface area contributed by atoms with E-state index in [9.17, 15) is 0 Å². The molecule has 0 saturated carbocycles. The van der Waals surface area contributed by atoms with E-state index in [4.69, 9.17) is 23.2 Å². The fourth-order valence-corrected chi connectivity index (χ4v) is 0.682. The quantitative estimate of drug-likeness (QED) is 0.413. The van der Waals surface area contributed by atoms with Gasteiger partial charge >= 0.3 is 59.1 Å². The SMILES string of the molecule is Clc1ccc(Cl)cc1.[Na+].[Na+].[S-2].